The number of amides is 1. The van der Waals surface area contributed by atoms with Crippen molar-refractivity contribution in [2.75, 3.05) is 32.0 Å². The van der Waals surface area contributed by atoms with Gasteiger partial charge in [0, 0.05) is 24.2 Å². The molecule has 0 saturated carbocycles. The molecule has 0 heterocycles. The summed E-state index contributed by atoms with van der Waals surface area (Å²) in [7, 11) is 1.24. The summed E-state index contributed by atoms with van der Waals surface area (Å²) in [4.78, 5) is 14.7. The van der Waals surface area contributed by atoms with E-state index in [2.05, 4.69) is 5.32 Å². The lowest BCUT2D eigenvalue weighted by molar-refractivity contribution is 0.0941. The van der Waals surface area contributed by atoms with Gasteiger partial charge in [0.05, 0.1) is 16.6 Å². The third-order valence-electron chi connectivity index (χ3n) is 5.26. The molecular formula is C24H25ClFN3O3S. The number of nitrogens with zero attached hydrogens (tertiary/aromatic N) is 2. The van der Waals surface area contributed by atoms with Gasteiger partial charge in [0.2, 0.25) is 0 Å². The van der Waals surface area contributed by atoms with Crippen molar-refractivity contribution < 1.29 is 17.6 Å². The molecule has 1 unspecified atom stereocenters. The quantitative estimate of drug-likeness (QED) is 0.511. The van der Waals surface area contributed by atoms with Gasteiger partial charge >= 0.3 is 0 Å². The van der Waals surface area contributed by atoms with Gasteiger partial charge in [0.15, 0.2) is 0 Å². The second-order valence-electron chi connectivity index (χ2n) is 7.72. The van der Waals surface area contributed by atoms with Crippen LogP contribution in [-0.2, 0) is 10.0 Å². The molecule has 9 heteroatoms. The molecule has 33 heavy (non-hydrogen) atoms. The van der Waals surface area contributed by atoms with Crippen molar-refractivity contribution in [3.63, 3.8) is 0 Å². The Morgan fingerprint density at radius 2 is 1.67 bits per heavy atom. The molecule has 1 N–H and O–H groups in total. The molecule has 3 aromatic carbocycles. The molecule has 1 amide bonds. The largest absolute Gasteiger partial charge is 0.350 e. The third-order valence-corrected chi connectivity index (χ3v) is 7.28. The molecule has 0 saturated heterocycles. The molecular weight excluding hydrogens is 465 g/mol. The first-order chi connectivity index (χ1) is 15.6. The van der Waals surface area contributed by atoms with Crippen LogP contribution < -0.4 is 9.62 Å². The Kier molecular flexibility index (Phi) is 7.73. The Hall–Kier alpha value is -2.94. The summed E-state index contributed by atoms with van der Waals surface area (Å²) in [5, 5.41) is 3.26. The molecule has 0 spiro atoms. The Bertz CT molecular complexity index is 1230. The summed E-state index contributed by atoms with van der Waals surface area (Å²) >= 11 is 5.99. The van der Waals surface area contributed by atoms with Gasteiger partial charge in [-0.1, -0.05) is 35.9 Å². The maximum absolute atomic E-state index is 13.3. The number of benzene rings is 3. The summed E-state index contributed by atoms with van der Waals surface area (Å²) in [6.45, 7) is 0.261. The van der Waals surface area contributed by atoms with E-state index < -0.39 is 15.9 Å². The van der Waals surface area contributed by atoms with Crippen molar-refractivity contribution in [1.82, 2.24) is 10.2 Å². The SMILES string of the molecule is CN(C)C(CNC(=O)c1cccc(S(=O)(=O)N(C)c2cccc(Cl)c2)c1)c1ccc(F)cc1. The lowest BCUT2D eigenvalue weighted by Crippen LogP contribution is -2.34. The standard InChI is InChI=1S/C24H25ClFN3O3S/c1-28(2)23(17-10-12-20(26)13-11-17)16-27-24(30)18-6-4-9-22(14-18)33(31,32)29(3)21-8-5-7-19(25)15-21/h4-15,23H,16H2,1-3H3,(H,27,30). The van der Waals surface area contributed by atoms with E-state index in [1.165, 1.54) is 37.4 Å². The average molecular weight is 490 g/mol. The van der Waals surface area contributed by atoms with E-state index in [0.29, 0.717) is 10.7 Å². The maximum atomic E-state index is 13.3. The predicted molar refractivity (Wildman–Crippen MR) is 129 cm³/mol. The summed E-state index contributed by atoms with van der Waals surface area (Å²) in [6.07, 6.45) is 0. The second kappa shape index (κ2) is 10.3. The highest BCUT2D eigenvalue weighted by Crippen LogP contribution is 2.25. The van der Waals surface area contributed by atoms with Crippen LogP contribution in [0.1, 0.15) is 22.0 Å². The number of halogens is 2. The zero-order valence-corrected chi connectivity index (χ0v) is 20.1. The van der Waals surface area contributed by atoms with Crippen molar-refractivity contribution in [2.24, 2.45) is 0 Å². The van der Waals surface area contributed by atoms with E-state index in [4.69, 9.17) is 11.6 Å². The molecule has 0 aliphatic rings. The smallest absolute Gasteiger partial charge is 0.264 e. The topological polar surface area (TPSA) is 69.7 Å². The number of carbonyl (C=O) groups excluding carboxylic acids is 1. The summed E-state index contributed by atoms with van der Waals surface area (Å²) in [6, 6.07) is 18.3. The van der Waals surface area contributed by atoms with Gasteiger partial charge in [-0.15, -0.1) is 0 Å². The fourth-order valence-corrected chi connectivity index (χ4v) is 4.76. The van der Waals surface area contributed by atoms with E-state index in [9.17, 15) is 17.6 Å². The molecule has 6 nitrogen and oxygen atoms in total. The Morgan fingerprint density at radius 1 is 1.00 bits per heavy atom. The maximum Gasteiger partial charge on any atom is 0.264 e. The molecule has 0 radical (unpaired) electrons. The lowest BCUT2D eigenvalue weighted by atomic mass is 10.1. The number of hydrogen-bond donors (Lipinski definition) is 1. The average Bonchev–Trinajstić information content (AvgIpc) is 2.79. The van der Waals surface area contributed by atoms with Crippen LogP contribution in [0.3, 0.4) is 0 Å². The minimum Gasteiger partial charge on any atom is -0.350 e. The Morgan fingerprint density at radius 3 is 2.30 bits per heavy atom. The molecule has 3 rings (SSSR count). The fraction of sp³-hybridized carbons (Fsp3) is 0.208. The van der Waals surface area contributed by atoms with Gasteiger partial charge in [0.25, 0.3) is 15.9 Å². The van der Waals surface area contributed by atoms with Crippen molar-refractivity contribution in [1.29, 1.82) is 0 Å². The van der Waals surface area contributed by atoms with Gasteiger partial charge in [0.1, 0.15) is 5.82 Å². The van der Waals surface area contributed by atoms with E-state index >= 15 is 0 Å². The molecule has 3 aromatic rings. The fourth-order valence-electron chi connectivity index (χ4n) is 3.34. The number of hydrogen-bond acceptors (Lipinski definition) is 4. The number of likely N-dealkylation sites (N-methyl/N-ethyl adjacent to an activating group) is 1. The van der Waals surface area contributed by atoms with Crippen molar-refractivity contribution in [3.8, 4) is 0 Å². The van der Waals surface area contributed by atoms with Crippen molar-refractivity contribution in [2.45, 2.75) is 10.9 Å². The Labute approximate surface area is 198 Å². The number of sulfonamides is 1. The van der Waals surface area contributed by atoms with Crippen molar-refractivity contribution in [3.05, 3.63) is 94.8 Å². The minimum absolute atomic E-state index is 0.0136. The van der Waals surface area contributed by atoms with E-state index in [-0.39, 0.29) is 28.9 Å². The second-order valence-corrected chi connectivity index (χ2v) is 10.1. The highest BCUT2D eigenvalue weighted by Gasteiger charge is 2.23. The zero-order valence-electron chi connectivity index (χ0n) is 18.5. The molecule has 0 bridgehead atoms. The molecule has 0 aliphatic heterocycles. The normalized spacial score (nSPS) is 12.4. The molecule has 0 fully saturated rings. The first-order valence-electron chi connectivity index (χ1n) is 10.1. The zero-order chi connectivity index (χ0) is 24.2. The molecule has 0 aromatic heterocycles. The van der Waals surface area contributed by atoms with Crippen LogP contribution in [0.4, 0.5) is 10.1 Å². The highest BCUT2D eigenvalue weighted by atomic mass is 35.5. The van der Waals surface area contributed by atoms with Crippen LogP contribution in [0.5, 0.6) is 0 Å². The van der Waals surface area contributed by atoms with Crippen LogP contribution in [0.15, 0.2) is 77.7 Å². The van der Waals surface area contributed by atoms with E-state index in [0.717, 1.165) is 9.87 Å². The molecule has 1 atom stereocenters. The van der Waals surface area contributed by atoms with Crippen molar-refractivity contribution >= 4 is 33.2 Å². The van der Waals surface area contributed by atoms with Gasteiger partial charge < -0.3 is 10.2 Å². The highest BCUT2D eigenvalue weighted by molar-refractivity contribution is 7.92. The molecule has 0 aliphatic carbocycles. The number of anilines is 1. The minimum atomic E-state index is -3.91. The van der Waals surface area contributed by atoms with Crippen LogP contribution in [0.2, 0.25) is 5.02 Å². The monoisotopic (exact) mass is 489 g/mol. The number of nitrogens with one attached hydrogen (secondary N) is 1. The van der Waals surface area contributed by atoms with Crippen LogP contribution in [0, 0.1) is 5.82 Å². The first kappa shape index (κ1) is 24.7. The third kappa shape index (κ3) is 5.90. The molecule has 174 valence electrons. The van der Waals surface area contributed by atoms with E-state index in [1.807, 2.05) is 19.0 Å². The van der Waals surface area contributed by atoms with E-state index in [1.54, 1.807) is 42.5 Å². The number of carbonyl (C=O) groups is 1. The summed E-state index contributed by atoms with van der Waals surface area (Å²) in [5.74, 6) is -0.743. The van der Waals surface area contributed by atoms with Crippen LogP contribution >= 0.6 is 11.6 Å². The lowest BCUT2D eigenvalue weighted by Gasteiger charge is -2.25. The first-order valence-corrected chi connectivity index (χ1v) is 12.0. The van der Waals surface area contributed by atoms with Gasteiger partial charge in [-0.05, 0) is 68.2 Å². The number of rotatable bonds is 8. The van der Waals surface area contributed by atoms with Gasteiger partial charge in [-0.25, -0.2) is 12.8 Å². The van der Waals surface area contributed by atoms with Gasteiger partial charge in [-0.3, -0.25) is 9.10 Å². The predicted octanol–water partition coefficient (Wildman–Crippen LogP) is 4.34. The van der Waals surface area contributed by atoms with Crippen LogP contribution in [0.25, 0.3) is 0 Å². The van der Waals surface area contributed by atoms with Gasteiger partial charge in [-0.2, -0.15) is 0 Å². The Balaban J connectivity index is 1.78. The van der Waals surface area contributed by atoms with Crippen LogP contribution in [-0.4, -0.2) is 46.9 Å². The summed E-state index contributed by atoms with van der Waals surface area (Å²) < 4.78 is 40.6. The summed E-state index contributed by atoms with van der Waals surface area (Å²) in [5.41, 5.74) is 1.47.